The largest absolute Gasteiger partial charge is 0.370 e. The van der Waals surface area contributed by atoms with Gasteiger partial charge in [-0.25, -0.2) is 0 Å². The minimum Gasteiger partial charge on any atom is -0.370 e. The molecule has 0 aliphatic heterocycles. The lowest BCUT2D eigenvalue weighted by molar-refractivity contribution is 0.430. The van der Waals surface area contributed by atoms with Crippen LogP contribution in [0.3, 0.4) is 0 Å². The van der Waals surface area contributed by atoms with E-state index in [4.69, 9.17) is 16.0 Å². The van der Waals surface area contributed by atoms with Crippen LogP contribution >= 0.6 is 0 Å². The van der Waals surface area contributed by atoms with Crippen LogP contribution in [-0.4, -0.2) is 29.5 Å². The molecule has 0 radical (unpaired) electrons. The molecular weight excluding hydrogens is 246 g/mol. The zero-order valence-electron chi connectivity index (χ0n) is 10.2. The summed E-state index contributed by atoms with van der Waals surface area (Å²) in [6, 6.07) is 7.45. The van der Waals surface area contributed by atoms with Gasteiger partial charge in [0.1, 0.15) is 0 Å². The van der Waals surface area contributed by atoms with Crippen molar-refractivity contribution in [3.63, 3.8) is 0 Å². The number of nitrogens with zero attached hydrogens (tertiary/aromatic N) is 4. The number of rotatable bonds is 4. The van der Waals surface area contributed by atoms with Crippen LogP contribution in [0.1, 0.15) is 0 Å². The number of aliphatic imine (C=N–C) groups is 2. The second-order valence-electron chi connectivity index (χ2n) is 3.55. The maximum atomic E-state index is 5.22. The molecule has 5 N–H and O–H groups in total. The Morgan fingerprint density at radius 2 is 2.05 bits per heavy atom. The van der Waals surface area contributed by atoms with Gasteiger partial charge in [-0.1, -0.05) is 5.16 Å². The molecule has 0 spiro atoms. The fourth-order valence-corrected chi connectivity index (χ4v) is 1.34. The number of nitrogens with one attached hydrogen (secondary N) is 1. The van der Waals surface area contributed by atoms with Crippen molar-refractivity contribution < 1.29 is 4.52 Å². The summed E-state index contributed by atoms with van der Waals surface area (Å²) in [5.41, 5.74) is 12.1. The summed E-state index contributed by atoms with van der Waals surface area (Å²) in [6.07, 6.45) is 1.60. The van der Waals surface area contributed by atoms with Crippen LogP contribution in [0, 0.1) is 0 Å². The summed E-state index contributed by atoms with van der Waals surface area (Å²) >= 11 is 0. The molecular formula is C11H13N7O. The van der Waals surface area contributed by atoms with Crippen molar-refractivity contribution in [2.45, 2.75) is 0 Å². The van der Waals surface area contributed by atoms with Crippen LogP contribution in [0.4, 0.5) is 11.7 Å². The fourth-order valence-electron chi connectivity index (χ4n) is 1.34. The molecule has 8 heteroatoms. The normalized spacial score (nSPS) is 10.6. The number of hydrogen-bond acceptors (Lipinski definition) is 5. The fraction of sp³-hybridized carbons (Fsp3) is 0.0909. The van der Waals surface area contributed by atoms with E-state index in [-0.39, 0.29) is 12.0 Å². The Balaban J connectivity index is 2.18. The molecule has 0 amide bonds. The van der Waals surface area contributed by atoms with Crippen molar-refractivity contribution in [3.05, 3.63) is 24.3 Å². The van der Waals surface area contributed by atoms with Gasteiger partial charge in [0, 0.05) is 18.3 Å². The molecule has 0 aliphatic rings. The average Bonchev–Trinajstić information content (AvgIpc) is 2.84. The number of hydrogen-bond donors (Lipinski definition) is 3. The third-order valence-corrected chi connectivity index (χ3v) is 2.14. The lowest BCUT2D eigenvalue weighted by Crippen LogP contribution is -2.21. The third kappa shape index (κ3) is 3.28. The summed E-state index contributed by atoms with van der Waals surface area (Å²) in [5.74, 6) is 0.282. The van der Waals surface area contributed by atoms with Gasteiger partial charge in [-0.05, 0) is 24.3 Å². The highest BCUT2D eigenvalue weighted by atomic mass is 16.5. The molecule has 0 aliphatic carbocycles. The third-order valence-electron chi connectivity index (χ3n) is 2.14. The van der Waals surface area contributed by atoms with E-state index in [0.717, 1.165) is 11.3 Å². The van der Waals surface area contributed by atoms with Crippen molar-refractivity contribution in [3.8, 4) is 11.4 Å². The molecule has 0 bridgehead atoms. The number of benzene rings is 1. The zero-order chi connectivity index (χ0) is 13.7. The first kappa shape index (κ1) is 12.6. The molecule has 2 aromatic rings. The van der Waals surface area contributed by atoms with Gasteiger partial charge in [-0.15, -0.1) is 0 Å². The van der Waals surface area contributed by atoms with Gasteiger partial charge in [0.05, 0.1) is 6.34 Å². The molecule has 1 aromatic carbocycles. The molecule has 8 nitrogen and oxygen atoms in total. The van der Waals surface area contributed by atoms with Crippen LogP contribution in [0.15, 0.2) is 38.8 Å². The molecule has 0 unspecified atom stereocenters. The first-order valence-corrected chi connectivity index (χ1v) is 5.40. The van der Waals surface area contributed by atoms with E-state index in [1.165, 1.54) is 0 Å². The summed E-state index contributed by atoms with van der Waals surface area (Å²) in [4.78, 5) is 11.5. The second kappa shape index (κ2) is 5.63. The topological polar surface area (TPSA) is 128 Å². The number of guanidine groups is 1. The number of aromatic nitrogens is 2. The van der Waals surface area contributed by atoms with Crippen molar-refractivity contribution in [2.24, 2.45) is 21.5 Å². The van der Waals surface area contributed by atoms with Crippen molar-refractivity contribution in [1.29, 1.82) is 0 Å². The zero-order valence-corrected chi connectivity index (χ0v) is 10.2. The predicted molar refractivity (Wildman–Crippen MR) is 73.2 cm³/mol. The summed E-state index contributed by atoms with van der Waals surface area (Å²) in [7, 11) is 1.69. The van der Waals surface area contributed by atoms with Gasteiger partial charge < -0.3 is 21.3 Å². The van der Waals surface area contributed by atoms with Gasteiger partial charge in [-0.2, -0.15) is 9.98 Å². The minimum atomic E-state index is -0.131. The highest BCUT2D eigenvalue weighted by Gasteiger charge is 2.07. The first-order valence-electron chi connectivity index (χ1n) is 5.40. The standard InChI is InChI=1S/C11H13N7O/c1-14-6-15-8-4-2-7(3-5-8)9-16-11(19-18-9)17-10(12)13/h2-6H,1H3,(H,14,15)(H4,12,13,16,17,18). The van der Waals surface area contributed by atoms with E-state index in [2.05, 4.69) is 25.4 Å². The molecule has 1 heterocycles. The van der Waals surface area contributed by atoms with E-state index in [9.17, 15) is 0 Å². The Morgan fingerprint density at radius 3 is 2.68 bits per heavy atom. The molecule has 1 aromatic heterocycles. The second-order valence-corrected chi connectivity index (χ2v) is 3.55. The Kier molecular flexibility index (Phi) is 3.72. The Hall–Kier alpha value is -2.90. The van der Waals surface area contributed by atoms with E-state index in [0.29, 0.717) is 5.82 Å². The van der Waals surface area contributed by atoms with Crippen LogP contribution in [0.25, 0.3) is 11.4 Å². The van der Waals surface area contributed by atoms with Gasteiger partial charge >= 0.3 is 6.01 Å². The van der Waals surface area contributed by atoms with E-state index in [1.54, 1.807) is 13.4 Å². The highest BCUT2D eigenvalue weighted by molar-refractivity contribution is 5.78. The monoisotopic (exact) mass is 259 g/mol. The van der Waals surface area contributed by atoms with Gasteiger partial charge in [0.25, 0.3) is 0 Å². The lowest BCUT2D eigenvalue weighted by atomic mass is 10.2. The maximum absolute atomic E-state index is 5.22. The van der Waals surface area contributed by atoms with Gasteiger partial charge in [0.15, 0.2) is 5.96 Å². The number of anilines is 1. The SMILES string of the molecule is CN=CNc1ccc(-c2noc(N=C(N)N)n2)cc1. The summed E-state index contributed by atoms with van der Waals surface area (Å²) in [6.45, 7) is 0. The van der Waals surface area contributed by atoms with Gasteiger partial charge in [-0.3, -0.25) is 4.99 Å². The minimum absolute atomic E-state index is 0.0234. The van der Waals surface area contributed by atoms with Crippen molar-refractivity contribution in [2.75, 3.05) is 12.4 Å². The quantitative estimate of drug-likeness (QED) is 0.548. The van der Waals surface area contributed by atoms with Crippen molar-refractivity contribution in [1.82, 2.24) is 10.1 Å². The molecule has 2 rings (SSSR count). The molecule has 0 atom stereocenters. The first-order chi connectivity index (χ1) is 9.19. The lowest BCUT2D eigenvalue weighted by Gasteiger charge is -2.00. The predicted octanol–water partition coefficient (Wildman–Crippen LogP) is 0.711. The van der Waals surface area contributed by atoms with E-state index < -0.39 is 0 Å². The van der Waals surface area contributed by atoms with Crippen molar-refractivity contribution >= 4 is 24.0 Å². The smallest absolute Gasteiger partial charge is 0.351 e. The summed E-state index contributed by atoms with van der Waals surface area (Å²) < 4.78 is 4.88. The Morgan fingerprint density at radius 1 is 1.32 bits per heavy atom. The van der Waals surface area contributed by atoms with Crippen LogP contribution < -0.4 is 16.8 Å². The number of nitrogens with two attached hydrogens (primary N) is 2. The van der Waals surface area contributed by atoms with Crippen LogP contribution in [0.5, 0.6) is 0 Å². The molecule has 19 heavy (non-hydrogen) atoms. The van der Waals surface area contributed by atoms with E-state index >= 15 is 0 Å². The maximum Gasteiger partial charge on any atom is 0.351 e. The van der Waals surface area contributed by atoms with Gasteiger partial charge in [0.2, 0.25) is 5.82 Å². The average molecular weight is 259 g/mol. The Labute approximate surface area is 109 Å². The molecule has 0 saturated heterocycles. The van der Waals surface area contributed by atoms with E-state index in [1.807, 2.05) is 24.3 Å². The highest BCUT2D eigenvalue weighted by Crippen LogP contribution is 2.20. The molecule has 0 fully saturated rings. The molecule has 98 valence electrons. The molecule has 0 saturated carbocycles. The van der Waals surface area contributed by atoms with Crippen LogP contribution in [-0.2, 0) is 0 Å². The van der Waals surface area contributed by atoms with Crippen LogP contribution in [0.2, 0.25) is 0 Å². The summed E-state index contributed by atoms with van der Waals surface area (Å²) in [5, 5.41) is 6.77. The Bertz CT molecular complexity index is 596.